The lowest BCUT2D eigenvalue weighted by molar-refractivity contribution is -0.147. The Labute approximate surface area is 172 Å². The smallest absolute Gasteiger partial charge is 0.307 e. The van der Waals surface area contributed by atoms with Gasteiger partial charge in [0.05, 0.1) is 17.1 Å². The summed E-state index contributed by atoms with van der Waals surface area (Å²) in [7, 11) is -2.17. The van der Waals surface area contributed by atoms with E-state index in [4.69, 9.17) is 27.9 Å². The molecule has 12 heteroatoms. The van der Waals surface area contributed by atoms with Crippen LogP contribution in [0.4, 0.5) is 5.69 Å². The highest BCUT2D eigenvalue weighted by Crippen LogP contribution is 2.25. The lowest BCUT2D eigenvalue weighted by atomic mass is 10.3. The second-order valence-corrected chi connectivity index (χ2v) is 8.28. The van der Waals surface area contributed by atoms with Crippen molar-refractivity contribution in [1.29, 1.82) is 0 Å². The van der Waals surface area contributed by atoms with E-state index < -0.39 is 28.5 Å². The number of halogens is 2. The zero-order valence-corrected chi connectivity index (χ0v) is 17.4. The molecular formula is C16H18Cl2N4O5S. The molecule has 1 heterocycles. The Balaban J connectivity index is 1.76. The molecule has 0 saturated carbocycles. The summed E-state index contributed by atoms with van der Waals surface area (Å²) in [4.78, 5) is 27.4. The van der Waals surface area contributed by atoms with Crippen LogP contribution >= 0.6 is 23.2 Å². The molecule has 2 N–H and O–H groups in total. The molecule has 0 aliphatic rings. The Morgan fingerprint density at radius 3 is 2.64 bits per heavy atom. The van der Waals surface area contributed by atoms with E-state index in [0.29, 0.717) is 10.8 Å². The fourth-order valence-corrected chi connectivity index (χ4v) is 3.42. The minimum Gasteiger partial charge on any atom is -0.456 e. The number of carbonyl (C=O) groups excluding carboxylic acids is 2. The van der Waals surface area contributed by atoms with E-state index in [9.17, 15) is 18.0 Å². The van der Waals surface area contributed by atoms with Crippen molar-refractivity contribution in [3.8, 4) is 0 Å². The average molecular weight is 449 g/mol. The van der Waals surface area contributed by atoms with Crippen molar-refractivity contribution in [2.75, 3.05) is 18.5 Å². The maximum absolute atomic E-state index is 12.1. The quantitative estimate of drug-likeness (QED) is 0.594. The first kappa shape index (κ1) is 22.2. The van der Waals surface area contributed by atoms with Crippen molar-refractivity contribution < 1.29 is 22.7 Å². The van der Waals surface area contributed by atoms with E-state index in [2.05, 4.69) is 15.0 Å². The molecule has 0 bridgehead atoms. The molecule has 152 valence electrons. The lowest BCUT2D eigenvalue weighted by Crippen LogP contribution is -2.28. The van der Waals surface area contributed by atoms with Gasteiger partial charge >= 0.3 is 5.97 Å². The first-order valence-corrected chi connectivity index (χ1v) is 10.2. The summed E-state index contributed by atoms with van der Waals surface area (Å²) in [6.07, 6.45) is 1.11. The Morgan fingerprint density at radius 1 is 1.29 bits per heavy atom. The molecule has 1 amide bonds. The van der Waals surface area contributed by atoms with Gasteiger partial charge in [0.1, 0.15) is 5.82 Å². The van der Waals surface area contributed by atoms with Gasteiger partial charge in [-0.05, 0) is 25.1 Å². The van der Waals surface area contributed by atoms with Crippen LogP contribution in [0.3, 0.4) is 0 Å². The normalized spacial score (nSPS) is 11.3. The lowest BCUT2D eigenvalue weighted by Gasteiger charge is -2.08. The predicted molar refractivity (Wildman–Crippen MR) is 104 cm³/mol. The molecule has 1 aromatic carbocycles. The fourth-order valence-electron chi connectivity index (χ4n) is 2.01. The zero-order chi connectivity index (χ0) is 20.9. The highest BCUT2D eigenvalue weighted by atomic mass is 35.5. The zero-order valence-electron chi connectivity index (χ0n) is 15.0. The van der Waals surface area contributed by atoms with Gasteiger partial charge in [-0.3, -0.25) is 9.59 Å². The van der Waals surface area contributed by atoms with E-state index in [1.807, 2.05) is 0 Å². The molecule has 0 atom stereocenters. The highest BCUT2D eigenvalue weighted by molar-refractivity contribution is 7.89. The number of esters is 1. The highest BCUT2D eigenvalue weighted by Gasteiger charge is 2.19. The summed E-state index contributed by atoms with van der Waals surface area (Å²) in [5.41, 5.74) is 0.286. The van der Waals surface area contributed by atoms with Crippen molar-refractivity contribution in [2.45, 2.75) is 18.4 Å². The number of amides is 1. The van der Waals surface area contributed by atoms with Gasteiger partial charge in [0.15, 0.2) is 11.6 Å². The van der Waals surface area contributed by atoms with E-state index >= 15 is 0 Å². The molecule has 0 spiro atoms. The number of hydrogen-bond acceptors (Lipinski definition) is 6. The molecular weight excluding hydrogens is 431 g/mol. The van der Waals surface area contributed by atoms with Gasteiger partial charge in [0.2, 0.25) is 0 Å². The summed E-state index contributed by atoms with van der Waals surface area (Å²) in [5, 5.41) is 2.98. The number of aromatic nitrogens is 2. The minimum absolute atomic E-state index is 0.140. The number of hydrogen-bond donors (Lipinski definition) is 2. The van der Waals surface area contributed by atoms with Crippen molar-refractivity contribution in [3.05, 3.63) is 40.3 Å². The topological polar surface area (TPSA) is 119 Å². The van der Waals surface area contributed by atoms with E-state index in [1.165, 1.54) is 18.3 Å². The molecule has 9 nitrogen and oxygen atoms in total. The third kappa shape index (κ3) is 6.20. The molecule has 0 unspecified atom stereocenters. The van der Waals surface area contributed by atoms with Crippen molar-refractivity contribution >= 4 is 50.8 Å². The van der Waals surface area contributed by atoms with Crippen LogP contribution in [-0.2, 0) is 31.4 Å². The maximum atomic E-state index is 12.1. The maximum Gasteiger partial charge on any atom is 0.307 e. The van der Waals surface area contributed by atoms with Gasteiger partial charge in [-0.25, -0.2) is 18.1 Å². The standard InChI is InChI=1S/C16H18Cl2N4O5S/c1-10-20-15(8-22(10)2)28(25,26)19-6-5-16(24)27-9-14(23)21-13-7-11(17)3-4-12(13)18/h3-4,7-8,19H,5-6,9H2,1-2H3,(H,21,23). The third-order valence-electron chi connectivity index (χ3n) is 3.55. The van der Waals surface area contributed by atoms with Crippen LogP contribution in [0.15, 0.2) is 29.4 Å². The monoisotopic (exact) mass is 448 g/mol. The number of nitrogens with zero attached hydrogens (tertiary/aromatic N) is 2. The van der Waals surface area contributed by atoms with E-state index in [0.717, 1.165) is 0 Å². The summed E-state index contributed by atoms with van der Waals surface area (Å²) in [5.74, 6) is -0.820. The van der Waals surface area contributed by atoms with Crippen LogP contribution in [-0.4, -0.2) is 43.0 Å². The van der Waals surface area contributed by atoms with Crippen molar-refractivity contribution in [3.63, 3.8) is 0 Å². The van der Waals surface area contributed by atoms with Crippen LogP contribution in [0.2, 0.25) is 10.0 Å². The summed E-state index contributed by atoms with van der Waals surface area (Å²) in [6, 6.07) is 4.53. The average Bonchev–Trinajstić information content (AvgIpc) is 2.96. The van der Waals surface area contributed by atoms with E-state index in [1.54, 1.807) is 24.6 Å². The number of sulfonamides is 1. The number of imidazole rings is 1. The van der Waals surface area contributed by atoms with Crippen molar-refractivity contribution in [1.82, 2.24) is 14.3 Å². The number of carbonyl (C=O) groups is 2. The fraction of sp³-hybridized carbons (Fsp3) is 0.312. The van der Waals surface area contributed by atoms with Gasteiger partial charge in [-0.1, -0.05) is 23.2 Å². The predicted octanol–water partition coefficient (Wildman–Crippen LogP) is 1.89. The van der Waals surface area contributed by atoms with Gasteiger partial charge in [0.25, 0.3) is 15.9 Å². The van der Waals surface area contributed by atoms with Gasteiger partial charge in [0, 0.05) is 24.8 Å². The van der Waals surface area contributed by atoms with E-state index in [-0.39, 0.29) is 28.7 Å². The molecule has 2 aromatic rings. The number of benzene rings is 1. The minimum atomic E-state index is -3.83. The molecule has 2 rings (SSSR count). The van der Waals surface area contributed by atoms with Crippen LogP contribution in [0.1, 0.15) is 12.2 Å². The molecule has 28 heavy (non-hydrogen) atoms. The Morgan fingerprint density at radius 2 is 2.00 bits per heavy atom. The third-order valence-corrected chi connectivity index (χ3v) is 5.45. The number of anilines is 1. The van der Waals surface area contributed by atoms with Crippen LogP contribution in [0.5, 0.6) is 0 Å². The summed E-state index contributed by atoms with van der Waals surface area (Å²) < 4.78 is 32.8. The summed E-state index contributed by atoms with van der Waals surface area (Å²) >= 11 is 11.7. The molecule has 0 saturated heterocycles. The van der Waals surface area contributed by atoms with Gasteiger partial charge in [-0.15, -0.1) is 0 Å². The Bertz CT molecular complexity index is 971. The largest absolute Gasteiger partial charge is 0.456 e. The Kier molecular flexibility index (Phi) is 7.41. The second-order valence-electron chi connectivity index (χ2n) is 5.72. The van der Waals surface area contributed by atoms with Crippen LogP contribution in [0, 0.1) is 6.92 Å². The number of rotatable bonds is 8. The molecule has 1 aromatic heterocycles. The first-order chi connectivity index (χ1) is 13.1. The Hall–Kier alpha value is -2.14. The molecule has 0 aliphatic heterocycles. The second kappa shape index (κ2) is 9.37. The van der Waals surface area contributed by atoms with Crippen LogP contribution < -0.4 is 10.0 Å². The van der Waals surface area contributed by atoms with Crippen LogP contribution in [0.25, 0.3) is 0 Å². The number of ether oxygens (including phenoxy) is 1. The first-order valence-electron chi connectivity index (χ1n) is 7.98. The molecule has 0 fully saturated rings. The molecule has 0 radical (unpaired) electrons. The SMILES string of the molecule is Cc1nc(S(=O)(=O)NCCC(=O)OCC(=O)Nc2cc(Cl)ccc2Cl)cn1C. The van der Waals surface area contributed by atoms with Gasteiger partial charge in [-0.2, -0.15) is 0 Å². The number of nitrogens with one attached hydrogen (secondary N) is 2. The van der Waals surface area contributed by atoms with Gasteiger partial charge < -0.3 is 14.6 Å². The molecule has 0 aliphatic carbocycles. The summed E-state index contributed by atoms with van der Waals surface area (Å²) in [6.45, 7) is 0.921. The van der Waals surface area contributed by atoms with Crippen molar-refractivity contribution in [2.24, 2.45) is 7.05 Å². The number of aryl methyl sites for hydroxylation is 2.